The first-order valence-corrected chi connectivity index (χ1v) is 8.09. The van der Waals surface area contributed by atoms with Crippen molar-refractivity contribution in [2.75, 3.05) is 7.11 Å². The fourth-order valence-corrected chi connectivity index (χ4v) is 4.37. The SMILES string of the molecule is COC(=O)[C@H](C)N1C(Cl)(Cl)C1(c1ccccc1)c1ccccc1. The molecule has 23 heavy (non-hydrogen) atoms. The highest BCUT2D eigenvalue weighted by Gasteiger charge is 2.78. The van der Waals surface area contributed by atoms with Gasteiger partial charge in [0.2, 0.25) is 0 Å². The van der Waals surface area contributed by atoms with Crippen molar-refractivity contribution in [2.24, 2.45) is 0 Å². The van der Waals surface area contributed by atoms with Crippen LogP contribution in [0.15, 0.2) is 60.7 Å². The van der Waals surface area contributed by atoms with Crippen molar-refractivity contribution < 1.29 is 9.53 Å². The molecule has 1 heterocycles. The molecular weight excluding hydrogens is 333 g/mol. The van der Waals surface area contributed by atoms with Gasteiger partial charge in [0.05, 0.1) is 7.11 Å². The Kier molecular flexibility index (Phi) is 4.13. The van der Waals surface area contributed by atoms with Crippen molar-refractivity contribution in [3.05, 3.63) is 71.8 Å². The highest BCUT2D eigenvalue weighted by Crippen LogP contribution is 2.68. The summed E-state index contributed by atoms with van der Waals surface area (Å²) in [5.41, 5.74) is 1.09. The van der Waals surface area contributed by atoms with E-state index in [1.807, 2.05) is 60.7 Å². The molecule has 0 N–H and O–H groups in total. The first kappa shape index (κ1) is 16.3. The third kappa shape index (κ3) is 2.26. The zero-order valence-electron chi connectivity index (χ0n) is 12.9. The van der Waals surface area contributed by atoms with Gasteiger partial charge in [-0.3, -0.25) is 4.79 Å². The van der Waals surface area contributed by atoms with Crippen molar-refractivity contribution in [2.45, 2.75) is 23.0 Å². The Labute approximate surface area is 145 Å². The van der Waals surface area contributed by atoms with Gasteiger partial charge in [-0.2, -0.15) is 0 Å². The van der Waals surface area contributed by atoms with E-state index in [1.165, 1.54) is 7.11 Å². The minimum atomic E-state index is -1.23. The van der Waals surface area contributed by atoms with E-state index >= 15 is 0 Å². The fraction of sp³-hybridized carbons (Fsp3) is 0.278. The van der Waals surface area contributed by atoms with E-state index in [9.17, 15) is 4.79 Å². The Morgan fingerprint density at radius 2 is 1.43 bits per heavy atom. The van der Waals surface area contributed by atoms with E-state index in [0.29, 0.717) is 0 Å². The minimum Gasteiger partial charge on any atom is -0.468 e. The molecule has 0 aliphatic carbocycles. The van der Waals surface area contributed by atoms with Gasteiger partial charge in [0.1, 0.15) is 11.6 Å². The smallest absolute Gasteiger partial charge is 0.322 e. The lowest BCUT2D eigenvalue weighted by Crippen LogP contribution is -2.32. The Hall–Kier alpha value is -1.55. The second kappa shape index (κ2) is 5.82. The standard InChI is InChI=1S/C18H17Cl2NO2/c1-13(16(22)23-2)21-17(18(21,19)20,14-9-5-3-6-10-14)15-11-7-4-8-12-15/h3-13H,1-2H3/t13-,21?/m0/s1. The summed E-state index contributed by atoms with van der Waals surface area (Å²) in [5, 5.41) is 0. The van der Waals surface area contributed by atoms with Gasteiger partial charge in [-0.25, -0.2) is 4.90 Å². The van der Waals surface area contributed by atoms with Gasteiger partial charge in [0.25, 0.3) is 0 Å². The molecule has 2 aromatic carbocycles. The number of rotatable bonds is 4. The number of halogens is 2. The van der Waals surface area contributed by atoms with Crippen LogP contribution >= 0.6 is 23.2 Å². The van der Waals surface area contributed by atoms with E-state index in [2.05, 4.69) is 0 Å². The molecule has 1 aliphatic rings. The lowest BCUT2D eigenvalue weighted by Gasteiger charge is -2.21. The average Bonchev–Trinajstić information content (AvgIpc) is 3.12. The molecule has 0 amide bonds. The molecule has 120 valence electrons. The Balaban J connectivity index is 2.17. The molecule has 0 radical (unpaired) electrons. The molecule has 0 saturated carbocycles. The largest absolute Gasteiger partial charge is 0.468 e. The predicted molar refractivity (Wildman–Crippen MR) is 91.4 cm³/mol. The van der Waals surface area contributed by atoms with E-state index in [4.69, 9.17) is 27.9 Å². The summed E-state index contributed by atoms with van der Waals surface area (Å²) in [5.74, 6) is -0.371. The van der Waals surface area contributed by atoms with Crippen LogP contribution in [0.1, 0.15) is 18.1 Å². The van der Waals surface area contributed by atoms with Crippen LogP contribution in [-0.2, 0) is 15.1 Å². The fourth-order valence-electron chi connectivity index (χ4n) is 3.29. The topological polar surface area (TPSA) is 29.3 Å². The van der Waals surface area contributed by atoms with E-state index in [-0.39, 0.29) is 5.97 Å². The number of esters is 1. The highest BCUT2D eigenvalue weighted by molar-refractivity contribution is 6.52. The van der Waals surface area contributed by atoms with Crippen LogP contribution in [0, 0.1) is 0 Å². The summed E-state index contributed by atoms with van der Waals surface area (Å²) in [4.78, 5) is 13.8. The highest BCUT2D eigenvalue weighted by atomic mass is 35.5. The molecule has 0 aromatic heterocycles. The van der Waals surface area contributed by atoms with Crippen LogP contribution in [0.25, 0.3) is 0 Å². The first-order chi connectivity index (χ1) is 11.0. The summed E-state index contributed by atoms with van der Waals surface area (Å²) in [6.07, 6.45) is 0. The third-order valence-corrected chi connectivity index (χ3v) is 5.27. The number of hydrogen-bond donors (Lipinski definition) is 0. The Bertz CT molecular complexity index is 664. The number of alkyl halides is 2. The Morgan fingerprint density at radius 3 is 1.83 bits per heavy atom. The van der Waals surface area contributed by atoms with Gasteiger partial charge in [0.15, 0.2) is 4.46 Å². The maximum Gasteiger partial charge on any atom is 0.322 e. The molecule has 0 spiro atoms. The minimum absolute atomic E-state index is 0.371. The van der Waals surface area contributed by atoms with Crippen LogP contribution in [0.2, 0.25) is 0 Å². The number of methoxy groups -OCH3 is 1. The van der Waals surface area contributed by atoms with E-state index < -0.39 is 16.0 Å². The molecule has 1 fully saturated rings. The zero-order chi connectivity index (χ0) is 16.7. The average molecular weight is 350 g/mol. The van der Waals surface area contributed by atoms with Crippen LogP contribution in [0.4, 0.5) is 0 Å². The molecule has 1 unspecified atom stereocenters. The van der Waals surface area contributed by atoms with Gasteiger partial charge in [0, 0.05) is 0 Å². The molecule has 2 atom stereocenters. The lowest BCUT2D eigenvalue weighted by molar-refractivity contribution is -0.144. The number of carbonyl (C=O) groups is 1. The molecule has 5 heteroatoms. The van der Waals surface area contributed by atoms with Crippen LogP contribution < -0.4 is 0 Å². The molecule has 1 saturated heterocycles. The van der Waals surface area contributed by atoms with Gasteiger partial charge in [-0.1, -0.05) is 83.9 Å². The Morgan fingerprint density at radius 1 is 1.00 bits per heavy atom. The maximum atomic E-state index is 12.1. The number of carbonyl (C=O) groups excluding carboxylic acids is 1. The third-order valence-electron chi connectivity index (χ3n) is 4.36. The molecular formula is C18H17Cl2NO2. The van der Waals surface area contributed by atoms with Gasteiger partial charge in [-0.15, -0.1) is 0 Å². The van der Waals surface area contributed by atoms with E-state index in [0.717, 1.165) is 11.1 Å². The second-order valence-corrected chi connectivity index (χ2v) is 6.84. The van der Waals surface area contributed by atoms with Crippen LogP contribution in [0.5, 0.6) is 0 Å². The second-order valence-electron chi connectivity index (χ2n) is 5.55. The summed E-state index contributed by atoms with van der Waals surface area (Å²) in [6.45, 7) is 1.75. The zero-order valence-corrected chi connectivity index (χ0v) is 14.4. The quantitative estimate of drug-likeness (QED) is 0.362. The van der Waals surface area contributed by atoms with Crippen molar-refractivity contribution in [3.63, 3.8) is 0 Å². The predicted octanol–water partition coefficient (Wildman–Crippen LogP) is 3.94. The maximum absolute atomic E-state index is 12.1. The summed E-state index contributed by atoms with van der Waals surface area (Å²) in [7, 11) is 1.36. The summed E-state index contributed by atoms with van der Waals surface area (Å²) < 4.78 is 3.64. The number of ether oxygens (including phenoxy) is 1. The van der Waals surface area contributed by atoms with Crippen LogP contribution in [0.3, 0.4) is 0 Å². The molecule has 1 aliphatic heterocycles. The lowest BCUT2D eigenvalue weighted by atomic mass is 9.90. The first-order valence-electron chi connectivity index (χ1n) is 7.34. The molecule has 0 bridgehead atoms. The molecule has 2 aromatic rings. The molecule has 3 nitrogen and oxygen atoms in total. The normalized spacial score (nSPS) is 22.2. The summed E-state index contributed by atoms with van der Waals surface area (Å²) >= 11 is 13.4. The molecule has 3 rings (SSSR count). The number of benzene rings is 2. The van der Waals surface area contributed by atoms with Gasteiger partial charge >= 0.3 is 5.97 Å². The van der Waals surface area contributed by atoms with E-state index in [1.54, 1.807) is 11.8 Å². The number of hydrogen-bond acceptors (Lipinski definition) is 3. The van der Waals surface area contributed by atoms with Gasteiger partial charge < -0.3 is 4.74 Å². The van der Waals surface area contributed by atoms with Crippen molar-refractivity contribution in [1.29, 1.82) is 0 Å². The van der Waals surface area contributed by atoms with Crippen molar-refractivity contribution in [3.8, 4) is 0 Å². The van der Waals surface area contributed by atoms with Crippen molar-refractivity contribution >= 4 is 29.2 Å². The van der Waals surface area contributed by atoms with Crippen molar-refractivity contribution in [1.82, 2.24) is 4.90 Å². The monoisotopic (exact) mass is 349 g/mol. The van der Waals surface area contributed by atoms with Gasteiger partial charge in [-0.05, 0) is 18.1 Å². The summed E-state index contributed by atoms with van der Waals surface area (Å²) in [6, 6.07) is 18.9. The van der Waals surface area contributed by atoms with Crippen LogP contribution in [-0.4, -0.2) is 28.5 Å². The number of nitrogens with zero attached hydrogens (tertiary/aromatic N) is 1.